The summed E-state index contributed by atoms with van der Waals surface area (Å²) in [4.78, 5) is 30.0. The fraction of sp³-hybridized carbons (Fsp3) is 0.286. The lowest BCUT2D eigenvalue weighted by molar-refractivity contribution is -0.118. The van der Waals surface area contributed by atoms with Crippen molar-refractivity contribution in [3.63, 3.8) is 0 Å². The topological polar surface area (TPSA) is 73.2 Å². The van der Waals surface area contributed by atoms with Crippen LogP contribution in [0.25, 0.3) is 16.6 Å². The van der Waals surface area contributed by atoms with Gasteiger partial charge in [0.1, 0.15) is 5.75 Å². The molecule has 2 aromatic carbocycles. The van der Waals surface area contributed by atoms with Gasteiger partial charge in [0.2, 0.25) is 5.91 Å². The Kier molecular flexibility index (Phi) is 5.34. The van der Waals surface area contributed by atoms with Crippen molar-refractivity contribution < 1.29 is 9.53 Å². The molecule has 1 fully saturated rings. The van der Waals surface area contributed by atoms with Crippen molar-refractivity contribution in [2.75, 3.05) is 19.4 Å². The zero-order valence-electron chi connectivity index (χ0n) is 15.6. The van der Waals surface area contributed by atoms with E-state index in [1.54, 1.807) is 29.9 Å². The van der Waals surface area contributed by atoms with Crippen LogP contribution in [0.4, 0.5) is 0 Å². The minimum atomic E-state index is -0.156. The number of thioether (sulfide) groups is 1. The molecule has 1 amide bonds. The number of benzene rings is 2. The molecule has 1 saturated carbocycles. The van der Waals surface area contributed by atoms with Crippen LogP contribution >= 0.6 is 11.8 Å². The molecule has 7 heteroatoms. The fourth-order valence-electron chi connectivity index (χ4n) is 2.93. The van der Waals surface area contributed by atoms with Gasteiger partial charge in [-0.2, -0.15) is 0 Å². The van der Waals surface area contributed by atoms with Gasteiger partial charge in [-0.1, -0.05) is 23.9 Å². The van der Waals surface area contributed by atoms with Crippen LogP contribution in [-0.4, -0.2) is 34.9 Å². The van der Waals surface area contributed by atoms with Gasteiger partial charge >= 0.3 is 0 Å². The van der Waals surface area contributed by atoms with E-state index >= 15 is 0 Å². The minimum absolute atomic E-state index is 0.0411. The Balaban J connectivity index is 1.68. The summed E-state index contributed by atoms with van der Waals surface area (Å²) in [6, 6.07) is 14.5. The lowest BCUT2D eigenvalue weighted by Crippen LogP contribution is -2.28. The van der Waals surface area contributed by atoms with Crippen molar-refractivity contribution in [1.82, 2.24) is 14.9 Å². The summed E-state index contributed by atoms with van der Waals surface area (Å²) >= 11 is 1.27. The number of carbonyl (C=O) groups excluding carboxylic acids is 1. The zero-order chi connectivity index (χ0) is 19.5. The monoisotopic (exact) mass is 395 g/mol. The standard InChI is InChI=1S/C21H21N3O3S/c1-27-16-10-8-15(9-11-16)24-20(26)17-4-2-3-5-18(17)23-21(24)28-13-19(25)22-12-14-6-7-14/h2-5,8-11,14H,6-7,12-13H2,1H3,(H,22,25). The average molecular weight is 395 g/mol. The van der Waals surface area contributed by atoms with Gasteiger partial charge in [-0.15, -0.1) is 0 Å². The maximum absolute atomic E-state index is 13.1. The summed E-state index contributed by atoms with van der Waals surface area (Å²) in [7, 11) is 1.60. The summed E-state index contributed by atoms with van der Waals surface area (Å²) in [5.74, 6) is 1.51. The molecule has 1 aliphatic rings. The smallest absolute Gasteiger partial charge is 0.266 e. The number of methoxy groups -OCH3 is 1. The summed E-state index contributed by atoms with van der Waals surface area (Å²) in [5.41, 5.74) is 1.15. The molecule has 144 valence electrons. The van der Waals surface area contributed by atoms with Crippen LogP contribution in [0.1, 0.15) is 12.8 Å². The third-order valence-corrected chi connectivity index (χ3v) is 5.63. The minimum Gasteiger partial charge on any atom is -0.497 e. The third-order valence-electron chi connectivity index (χ3n) is 4.69. The number of hydrogen-bond donors (Lipinski definition) is 1. The lowest BCUT2D eigenvalue weighted by Gasteiger charge is -2.13. The highest BCUT2D eigenvalue weighted by atomic mass is 32.2. The normalized spacial score (nSPS) is 13.5. The molecule has 28 heavy (non-hydrogen) atoms. The molecule has 0 bridgehead atoms. The fourth-order valence-corrected chi connectivity index (χ4v) is 3.77. The molecule has 1 heterocycles. The van der Waals surface area contributed by atoms with Crippen molar-refractivity contribution in [3.8, 4) is 11.4 Å². The van der Waals surface area contributed by atoms with Crippen LogP contribution in [0.5, 0.6) is 5.75 Å². The van der Waals surface area contributed by atoms with Crippen molar-refractivity contribution >= 4 is 28.6 Å². The van der Waals surface area contributed by atoms with Gasteiger partial charge in [-0.05, 0) is 55.2 Å². The van der Waals surface area contributed by atoms with Crippen LogP contribution in [-0.2, 0) is 4.79 Å². The number of ether oxygens (including phenoxy) is 1. The number of rotatable bonds is 7. The molecule has 0 unspecified atom stereocenters. The van der Waals surface area contributed by atoms with E-state index in [0.29, 0.717) is 33.4 Å². The highest BCUT2D eigenvalue weighted by Gasteiger charge is 2.22. The first-order valence-electron chi connectivity index (χ1n) is 9.21. The molecule has 1 aliphatic carbocycles. The van der Waals surface area contributed by atoms with Gasteiger partial charge in [-0.25, -0.2) is 4.98 Å². The lowest BCUT2D eigenvalue weighted by atomic mass is 10.2. The van der Waals surface area contributed by atoms with E-state index in [2.05, 4.69) is 10.3 Å². The van der Waals surface area contributed by atoms with E-state index in [0.717, 1.165) is 6.54 Å². The molecule has 0 spiro atoms. The second-order valence-corrected chi connectivity index (χ2v) is 7.73. The Morgan fingerprint density at radius 2 is 1.96 bits per heavy atom. The Bertz CT molecular complexity index is 1060. The molecular formula is C21H21N3O3S. The quantitative estimate of drug-likeness (QED) is 0.492. The second-order valence-electron chi connectivity index (χ2n) is 6.79. The Hall–Kier alpha value is -2.80. The third kappa shape index (κ3) is 4.04. The van der Waals surface area contributed by atoms with Crippen molar-refractivity contribution in [1.29, 1.82) is 0 Å². The SMILES string of the molecule is COc1ccc(-n2c(SCC(=O)NCC3CC3)nc3ccccc3c2=O)cc1. The number of hydrogen-bond acceptors (Lipinski definition) is 5. The number of aromatic nitrogens is 2. The molecule has 3 aromatic rings. The number of amides is 1. The Morgan fingerprint density at radius 1 is 1.21 bits per heavy atom. The van der Waals surface area contributed by atoms with Crippen molar-refractivity contribution in [2.24, 2.45) is 5.92 Å². The van der Waals surface area contributed by atoms with Gasteiger partial charge in [0, 0.05) is 6.54 Å². The molecule has 0 radical (unpaired) electrons. The van der Waals surface area contributed by atoms with E-state index in [9.17, 15) is 9.59 Å². The van der Waals surface area contributed by atoms with E-state index in [1.165, 1.54) is 24.6 Å². The van der Waals surface area contributed by atoms with Gasteiger partial charge in [0.05, 0.1) is 29.5 Å². The highest BCUT2D eigenvalue weighted by Crippen LogP contribution is 2.27. The van der Waals surface area contributed by atoms with Crippen molar-refractivity contribution in [2.45, 2.75) is 18.0 Å². The number of nitrogens with one attached hydrogen (secondary N) is 1. The number of para-hydroxylation sites is 1. The van der Waals surface area contributed by atoms with Crippen LogP contribution in [0, 0.1) is 5.92 Å². The summed E-state index contributed by atoms with van der Waals surface area (Å²) in [5, 5.41) is 3.99. The molecule has 4 rings (SSSR count). The van der Waals surface area contributed by atoms with Gasteiger partial charge < -0.3 is 10.1 Å². The molecule has 0 saturated heterocycles. The van der Waals surface area contributed by atoms with Crippen LogP contribution in [0.15, 0.2) is 58.5 Å². The van der Waals surface area contributed by atoms with E-state index < -0.39 is 0 Å². The summed E-state index contributed by atoms with van der Waals surface area (Å²) < 4.78 is 6.76. The molecule has 1 aromatic heterocycles. The van der Waals surface area contributed by atoms with Crippen LogP contribution in [0.3, 0.4) is 0 Å². The summed E-state index contributed by atoms with van der Waals surface area (Å²) in [6.45, 7) is 0.732. The summed E-state index contributed by atoms with van der Waals surface area (Å²) in [6.07, 6.45) is 2.38. The molecule has 1 N–H and O–H groups in total. The molecule has 6 nitrogen and oxygen atoms in total. The Labute approximate surface area is 166 Å². The van der Waals surface area contributed by atoms with E-state index in [4.69, 9.17) is 4.74 Å². The first kappa shape index (κ1) is 18.6. The predicted molar refractivity (Wildman–Crippen MR) is 110 cm³/mol. The largest absolute Gasteiger partial charge is 0.497 e. The second kappa shape index (κ2) is 8.06. The molecule has 0 atom stereocenters. The zero-order valence-corrected chi connectivity index (χ0v) is 16.4. The first-order chi connectivity index (χ1) is 13.7. The van der Waals surface area contributed by atoms with Gasteiger partial charge in [0.15, 0.2) is 5.16 Å². The van der Waals surface area contributed by atoms with Gasteiger partial charge in [0.25, 0.3) is 5.56 Å². The maximum Gasteiger partial charge on any atom is 0.266 e. The molecular weight excluding hydrogens is 374 g/mol. The van der Waals surface area contributed by atoms with Crippen LogP contribution in [0.2, 0.25) is 0 Å². The predicted octanol–water partition coefficient (Wildman–Crippen LogP) is 3.01. The maximum atomic E-state index is 13.1. The van der Waals surface area contributed by atoms with Crippen molar-refractivity contribution in [3.05, 3.63) is 58.9 Å². The first-order valence-corrected chi connectivity index (χ1v) is 10.2. The molecule has 0 aliphatic heterocycles. The Morgan fingerprint density at radius 3 is 2.68 bits per heavy atom. The number of nitrogens with zero attached hydrogens (tertiary/aromatic N) is 2. The average Bonchev–Trinajstić information content (AvgIpc) is 3.55. The number of fused-ring (bicyclic) bond motifs is 1. The van der Waals surface area contributed by atoms with Gasteiger partial charge in [-0.3, -0.25) is 14.2 Å². The number of carbonyl (C=O) groups is 1. The van der Waals surface area contributed by atoms with E-state index in [1.807, 2.05) is 30.3 Å². The van der Waals surface area contributed by atoms with Crippen LogP contribution < -0.4 is 15.6 Å². The highest BCUT2D eigenvalue weighted by molar-refractivity contribution is 7.99. The van der Waals surface area contributed by atoms with E-state index in [-0.39, 0.29) is 17.2 Å².